The van der Waals surface area contributed by atoms with E-state index >= 15 is 0 Å². The Hall–Kier alpha value is -3.84. The molecule has 6 nitrogen and oxygen atoms in total. The van der Waals surface area contributed by atoms with Crippen LogP contribution in [0.2, 0.25) is 0 Å². The van der Waals surface area contributed by atoms with E-state index in [4.69, 9.17) is 18.9 Å². The van der Waals surface area contributed by atoms with Gasteiger partial charge in [-0.05, 0) is 47.4 Å². The molecule has 1 N–H and O–H groups in total. The summed E-state index contributed by atoms with van der Waals surface area (Å²) >= 11 is 0. The van der Waals surface area contributed by atoms with E-state index in [1.54, 1.807) is 26.4 Å². The Labute approximate surface area is 236 Å². The highest BCUT2D eigenvalue weighted by molar-refractivity contribution is 5.99. The van der Waals surface area contributed by atoms with E-state index < -0.39 is 6.23 Å². The predicted octanol–water partition coefficient (Wildman–Crippen LogP) is 6.26. The summed E-state index contributed by atoms with van der Waals surface area (Å²) in [6, 6.07) is 32.8. The topological polar surface area (TPSA) is 66.0 Å². The molecule has 4 rings (SSSR count). The van der Waals surface area contributed by atoms with Crippen molar-refractivity contribution < 1.29 is 23.7 Å². The van der Waals surface area contributed by atoms with Gasteiger partial charge in [0.25, 0.3) is 0 Å². The molecule has 1 unspecified atom stereocenters. The molecule has 0 fully saturated rings. The zero-order valence-corrected chi connectivity index (χ0v) is 23.0. The molecular weight excluding hydrogens is 514 g/mol. The van der Waals surface area contributed by atoms with Gasteiger partial charge in [-0.3, -0.25) is 10.1 Å². The maximum atomic E-state index is 13.5. The summed E-state index contributed by atoms with van der Waals surface area (Å²) in [6.07, 6.45) is -0.140. The van der Waals surface area contributed by atoms with Crippen LogP contribution in [0.3, 0.4) is 0 Å². The maximum absolute atomic E-state index is 13.5. The molecule has 0 heterocycles. The van der Waals surface area contributed by atoms with E-state index in [0.717, 1.165) is 16.7 Å². The van der Waals surface area contributed by atoms with Gasteiger partial charge < -0.3 is 18.9 Å². The Morgan fingerprint density at radius 1 is 0.718 bits per heavy atom. The number of benzene rings is 4. The van der Waals surface area contributed by atoms with Gasteiger partial charge in [-0.2, -0.15) is 0 Å². The predicted molar refractivity (Wildman–Crippen MR) is 155 cm³/mol. The van der Waals surface area contributed by atoms with Crippen LogP contribution in [0.5, 0.6) is 17.2 Å². The van der Waals surface area contributed by atoms with Crippen LogP contribution >= 0.6 is 12.4 Å². The molecule has 0 aromatic heterocycles. The lowest BCUT2D eigenvalue weighted by Crippen LogP contribution is -2.40. The molecule has 0 radical (unpaired) electrons. The van der Waals surface area contributed by atoms with Crippen LogP contribution in [-0.4, -0.2) is 32.8 Å². The summed E-state index contributed by atoms with van der Waals surface area (Å²) in [5, 5.41) is 3.30. The van der Waals surface area contributed by atoms with Crippen LogP contribution in [0.15, 0.2) is 103 Å². The van der Waals surface area contributed by atoms with Crippen molar-refractivity contribution in [3.8, 4) is 17.2 Å². The largest absolute Gasteiger partial charge is 0.493 e. The second-order valence-electron chi connectivity index (χ2n) is 8.74. The van der Waals surface area contributed by atoms with Crippen molar-refractivity contribution in [3.05, 3.63) is 125 Å². The number of carbonyl (C=O) groups excluding carboxylic acids is 1. The van der Waals surface area contributed by atoms with Gasteiger partial charge in [0.1, 0.15) is 12.4 Å². The minimum Gasteiger partial charge on any atom is -0.493 e. The molecule has 0 saturated carbocycles. The first kappa shape index (κ1) is 29.7. The van der Waals surface area contributed by atoms with E-state index in [0.29, 0.717) is 49.0 Å². The maximum Gasteiger partial charge on any atom is 0.206 e. The second kappa shape index (κ2) is 15.5. The average molecular weight is 548 g/mol. The van der Waals surface area contributed by atoms with Gasteiger partial charge >= 0.3 is 0 Å². The first-order chi connectivity index (χ1) is 18.7. The fourth-order valence-corrected chi connectivity index (χ4v) is 4.00. The van der Waals surface area contributed by atoms with Gasteiger partial charge in [-0.15, -0.1) is 12.4 Å². The molecule has 0 bridgehead atoms. The van der Waals surface area contributed by atoms with Crippen molar-refractivity contribution >= 4 is 18.2 Å². The summed E-state index contributed by atoms with van der Waals surface area (Å²) in [5.74, 6) is 1.83. The number of halogens is 1. The monoisotopic (exact) mass is 547 g/mol. The van der Waals surface area contributed by atoms with Crippen LogP contribution in [0.4, 0.5) is 0 Å². The second-order valence-corrected chi connectivity index (χ2v) is 8.74. The first-order valence-corrected chi connectivity index (χ1v) is 12.6. The molecule has 204 valence electrons. The lowest BCUT2D eigenvalue weighted by Gasteiger charge is -2.19. The molecule has 0 aliphatic heterocycles. The SMILES string of the molecule is COc1ccc(CCNC(OCc2ccccc2)C(=O)c2cccc(OCc3ccccc3)c2)cc1OC.Cl. The van der Waals surface area contributed by atoms with Crippen LogP contribution in [0.25, 0.3) is 0 Å². The number of methoxy groups -OCH3 is 2. The van der Waals surface area contributed by atoms with E-state index in [2.05, 4.69) is 5.32 Å². The van der Waals surface area contributed by atoms with Crippen LogP contribution in [-0.2, 0) is 24.4 Å². The summed E-state index contributed by atoms with van der Waals surface area (Å²) in [7, 11) is 3.23. The zero-order chi connectivity index (χ0) is 26.6. The lowest BCUT2D eigenvalue weighted by atomic mass is 10.1. The molecule has 4 aromatic carbocycles. The molecule has 0 spiro atoms. The Morgan fingerprint density at radius 2 is 1.38 bits per heavy atom. The number of carbonyl (C=O) groups is 1. The van der Waals surface area contributed by atoms with E-state index in [9.17, 15) is 4.79 Å². The third-order valence-corrected chi connectivity index (χ3v) is 6.06. The Balaban J connectivity index is 0.00000420. The number of Topliss-reactive ketones (excluding diaryl/α,β-unsaturated/α-hetero) is 1. The number of hydrogen-bond donors (Lipinski definition) is 1. The summed E-state index contributed by atoms with van der Waals surface area (Å²) < 4.78 is 22.8. The van der Waals surface area contributed by atoms with Crippen LogP contribution in [0, 0.1) is 0 Å². The van der Waals surface area contributed by atoms with Gasteiger partial charge in [-0.1, -0.05) is 78.9 Å². The quantitative estimate of drug-likeness (QED) is 0.148. The van der Waals surface area contributed by atoms with E-state index in [1.807, 2.05) is 91.0 Å². The molecule has 1 atom stereocenters. The number of nitrogens with one attached hydrogen (secondary N) is 1. The van der Waals surface area contributed by atoms with Crippen LogP contribution in [0.1, 0.15) is 27.0 Å². The molecule has 7 heteroatoms. The fourth-order valence-electron chi connectivity index (χ4n) is 4.00. The smallest absolute Gasteiger partial charge is 0.206 e. The molecule has 4 aromatic rings. The van der Waals surface area contributed by atoms with E-state index in [-0.39, 0.29) is 18.2 Å². The molecule has 0 aliphatic carbocycles. The standard InChI is InChI=1S/C32H33NO5.ClH/c1-35-29-17-16-24(20-30(29)36-2)18-19-33-32(38-23-26-12-7-4-8-13-26)31(34)27-14-9-15-28(21-27)37-22-25-10-5-3-6-11-25;/h3-17,20-21,32-33H,18-19,22-23H2,1-2H3;1H. The van der Waals surface area contributed by atoms with Crippen LogP contribution < -0.4 is 19.5 Å². The van der Waals surface area contributed by atoms with Crippen molar-refractivity contribution in [2.75, 3.05) is 20.8 Å². The van der Waals surface area contributed by atoms with Crippen molar-refractivity contribution in [1.29, 1.82) is 0 Å². The summed E-state index contributed by atoms with van der Waals surface area (Å²) in [4.78, 5) is 13.5. The molecule has 0 saturated heterocycles. The number of ketones is 1. The van der Waals surface area contributed by atoms with Gasteiger partial charge in [-0.25, -0.2) is 0 Å². The Kier molecular flexibility index (Phi) is 11.8. The number of rotatable bonds is 14. The first-order valence-electron chi connectivity index (χ1n) is 12.6. The molecular formula is C32H34ClNO5. The highest BCUT2D eigenvalue weighted by Gasteiger charge is 2.21. The minimum absolute atomic E-state index is 0. The fraction of sp³-hybridized carbons (Fsp3) is 0.219. The minimum atomic E-state index is -0.820. The lowest BCUT2D eigenvalue weighted by molar-refractivity contribution is 0.0198. The van der Waals surface area contributed by atoms with Gasteiger partial charge in [0.05, 0.1) is 20.8 Å². The number of ether oxygens (including phenoxy) is 4. The Morgan fingerprint density at radius 3 is 2.05 bits per heavy atom. The summed E-state index contributed by atoms with van der Waals surface area (Å²) in [6.45, 7) is 1.27. The Bertz CT molecular complexity index is 1300. The van der Waals surface area contributed by atoms with Crippen molar-refractivity contribution in [2.24, 2.45) is 0 Å². The molecule has 0 aliphatic rings. The van der Waals surface area contributed by atoms with Gasteiger partial charge in [0, 0.05) is 12.1 Å². The van der Waals surface area contributed by atoms with Crippen molar-refractivity contribution in [2.45, 2.75) is 25.9 Å². The van der Waals surface area contributed by atoms with Crippen molar-refractivity contribution in [1.82, 2.24) is 5.32 Å². The highest BCUT2D eigenvalue weighted by Crippen LogP contribution is 2.27. The third kappa shape index (κ3) is 8.86. The van der Waals surface area contributed by atoms with Crippen molar-refractivity contribution in [3.63, 3.8) is 0 Å². The summed E-state index contributed by atoms with van der Waals surface area (Å²) in [5.41, 5.74) is 3.63. The van der Waals surface area contributed by atoms with Gasteiger partial charge in [0.15, 0.2) is 17.7 Å². The highest BCUT2D eigenvalue weighted by atomic mass is 35.5. The zero-order valence-electron chi connectivity index (χ0n) is 22.2. The number of hydrogen-bond acceptors (Lipinski definition) is 6. The van der Waals surface area contributed by atoms with Gasteiger partial charge in [0.2, 0.25) is 5.78 Å². The average Bonchev–Trinajstić information content (AvgIpc) is 2.98. The third-order valence-electron chi connectivity index (χ3n) is 6.06. The molecule has 39 heavy (non-hydrogen) atoms. The normalized spacial score (nSPS) is 11.2. The molecule has 0 amide bonds. The van der Waals surface area contributed by atoms with E-state index in [1.165, 1.54) is 0 Å².